The van der Waals surface area contributed by atoms with Gasteiger partial charge in [-0.2, -0.15) is 0 Å². The van der Waals surface area contributed by atoms with Gasteiger partial charge in [-0.15, -0.1) is 11.3 Å². The predicted molar refractivity (Wildman–Crippen MR) is 146 cm³/mol. The summed E-state index contributed by atoms with van der Waals surface area (Å²) >= 11 is 4.97. The Kier molecular flexibility index (Phi) is 8.04. The molecular formula is C27H31BrN4O2S. The van der Waals surface area contributed by atoms with Crippen molar-refractivity contribution in [1.82, 2.24) is 10.3 Å². The summed E-state index contributed by atoms with van der Waals surface area (Å²) in [5, 5.41) is 9.81. The molecule has 4 rings (SSSR count). The molecule has 0 bridgehead atoms. The van der Waals surface area contributed by atoms with Crippen LogP contribution in [0.15, 0.2) is 53.3 Å². The standard InChI is InChI=1S/C27H31BrN4O2S/c1-27(2,3)18-6-11-21-22(13-18)35-26(24(21)25(34)31-20-9-7-19(28)8-10-20)32-23(33)16-30-15-17-5-4-12-29-14-17/h4-5,7-10,12,14,18,30H,6,11,13,15-16H2,1-3H3,(H,31,34)(H,32,33)/t18-/m1/s1. The number of halogens is 1. The average Bonchev–Trinajstić information content (AvgIpc) is 3.17. The molecule has 0 saturated heterocycles. The van der Waals surface area contributed by atoms with Crippen LogP contribution in [-0.2, 0) is 24.2 Å². The average molecular weight is 556 g/mol. The van der Waals surface area contributed by atoms with Gasteiger partial charge in [0.15, 0.2) is 0 Å². The zero-order valence-electron chi connectivity index (χ0n) is 20.3. The number of carbonyl (C=O) groups excluding carboxylic acids is 2. The smallest absolute Gasteiger partial charge is 0.258 e. The maximum Gasteiger partial charge on any atom is 0.258 e. The van der Waals surface area contributed by atoms with Crippen molar-refractivity contribution < 1.29 is 9.59 Å². The second-order valence-electron chi connectivity index (χ2n) is 9.99. The lowest BCUT2D eigenvalue weighted by atomic mass is 9.72. The van der Waals surface area contributed by atoms with Crippen LogP contribution in [-0.4, -0.2) is 23.3 Å². The van der Waals surface area contributed by atoms with E-state index in [1.54, 1.807) is 23.7 Å². The van der Waals surface area contributed by atoms with Crippen LogP contribution in [0.1, 0.15) is 53.6 Å². The first-order valence-corrected chi connectivity index (χ1v) is 13.4. The van der Waals surface area contributed by atoms with Gasteiger partial charge in [-0.05, 0) is 72.1 Å². The number of rotatable bonds is 7. The van der Waals surface area contributed by atoms with Crippen molar-refractivity contribution in [2.45, 2.75) is 46.6 Å². The first-order chi connectivity index (χ1) is 16.7. The maximum absolute atomic E-state index is 13.4. The lowest BCUT2D eigenvalue weighted by Crippen LogP contribution is -2.28. The minimum absolute atomic E-state index is 0.149. The molecule has 3 aromatic rings. The zero-order valence-corrected chi connectivity index (χ0v) is 22.7. The third kappa shape index (κ3) is 6.57. The normalized spacial score (nSPS) is 15.4. The molecule has 184 valence electrons. The number of thiophene rings is 1. The van der Waals surface area contributed by atoms with Crippen LogP contribution >= 0.6 is 27.3 Å². The van der Waals surface area contributed by atoms with E-state index >= 15 is 0 Å². The Balaban J connectivity index is 1.52. The molecule has 2 amide bonds. The molecule has 1 aliphatic carbocycles. The Bertz CT molecular complexity index is 1190. The Labute approximate surface area is 219 Å². The second kappa shape index (κ2) is 11.0. The van der Waals surface area contributed by atoms with E-state index in [2.05, 4.69) is 57.6 Å². The minimum atomic E-state index is -0.183. The predicted octanol–water partition coefficient (Wildman–Crippen LogP) is 6.04. The first kappa shape index (κ1) is 25.5. The molecule has 0 radical (unpaired) electrons. The van der Waals surface area contributed by atoms with E-state index in [4.69, 9.17) is 0 Å². The van der Waals surface area contributed by atoms with Gasteiger partial charge < -0.3 is 16.0 Å². The summed E-state index contributed by atoms with van der Waals surface area (Å²) < 4.78 is 0.948. The topological polar surface area (TPSA) is 83.1 Å². The van der Waals surface area contributed by atoms with E-state index in [1.807, 2.05) is 36.4 Å². The highest BCUT2D eigenvalue weighted by Gasteiger charge is 2.34. The molecule has 1 atom stereocenters. The van der Waals surface area contributed by atoms with Gasteiger partial charge in [0.25, 0.3) is 5.91 Å². The van der Waals surface area contributed by atoms with Gasteiger partial charge in [0.2, 0.25) is 5.91 Å². The molecule has 3 N–H and O–H groups in total. The van der Waals surface area contributed by atoms with Gasteiger partial charge in [-0.25, -0.2) is 0 Å². The van der Waals surface area contributed by atoms with Gasteiger partial charge in [0, 0.05) is 34.0 Å². The van der Waals surface area contributed by atoms with Gasteiger partial charge in [0.05, 0.1) is 12.1 Å². The number of pyridine rings is 1. The number of nitrogens with one attached hydrogen (secondary N) is 3. The quantitative estimate of drug-likeness (QED) is 0.332. The summed E-state index contributed by atoms with van der Waals surface area (Å²) in [4.78, 5) is 31.5. The van der Waals surface area contributed by atoms with E-state index in [0.29, 0.717) is 23.0 Å². The number of hydrogen-bond donors (Lipinski definition) is 3. The fourth-order valence-corrected chi connectivity index (χ4v) is 5.98. The number of aromatic nitrogens is 1. The van der Waals surface area contributed by atoms with Crippen molar-refractivity contribution in [2.75, 3.05) is 17.2 Å². The van der Waals surface area contributed by atoms with Crippen LogP contribution in [0.3, 0.4) is 0 Å². The number of amides is 2. The van der Waals surface area contributed by atoms with E-state index < -0.39 is 0 Å². The van der Waals surface area contributed by atoms with E-state index in [1.165, 1.54) is 4.88 Å². The van der Waals surface area contributed by atoms with Crippen molar-refractivity contribution in [1.29, 1.82) is 0 Å². The summed E-state index contributed by atoms with van der Waals surface area (Å²) in [5.41, 5.74) is 3.59. The summed E-state index contributed by atoms with van der Waals surface area (Å²) in [6.45, 7) is 7.51. The molecular weight excluding hydrogens is 524 g/mol. The SMILES string of the molecule is CC(C)(C)[C@@H]1CCc2c(sc(NC(=O)CNCc3cccnc3)c2C(=O)Nc2ccc(Br)cc2)C1. The molecule has 8 heteroatoms. The van der Waals surface area contributed by atoms with Crippen LogP contribution in [0.5, 0.6) is 0 Å². The number of anilines is 2. The molecule has 35 heavy (non-hydrogen) atoms. The van der Waals surface area contributed by atoms with E-state index in [-0.39, 0.29) is 23.8 Å². The van der Waals surface area contributed by atoms with Crippen LogP contribution in [0.2, 0.25) is 0 Å². The van der Waals surface area contributed by atoms with Crippen molar-refractivity contribution in [2.24, 2.45) is 11.3 Å². The van der Waals surface area contributed by atoms with Gasteiger partial charge in [0.1, 0.15) is 5.00 Å². The molecule has 1 aliphatic rings. The summed E-state index contributed by atoms with van der Waals surface area (Å²) in [6, 6.07) is 11.3. The van der Waals surface area contributed by atoms with Gasteiger partial charge in [-0.1, -0.05) is 42.8 Å². The highest BCUT2D eigenvalue weighted by atomic mass is 79.9. The fraction of sp³-hybridized carbons (Fsp3) is 0.370. The van der Waals surface area contributed by atoms with Crippen LogP contribution in [0, 0.1) is 11.3 Å². The van der Waals surface area contributed by atoms with E-state index in [0.717, 1.165) is 40.5 Å². The van der Waals surface area contributed by atoms with E-state index in [9.17, 15) is 9.59 Å². The first-order valence-electron chi connectivity index (χ1n) is 11.8. The van der Waals surface area contributed by atoms with Crippen molar-refractivity contribution in [3.05, 3.63) is 74.8 Å². The van der Waals surface area contributed by atoms with Gasteiger partial charge >= 0.3 is 0 Å². The maximum atomic E-state index is 13.4. The largest absolute Gasteiger partial charge is 0.322 e. The molecule has 1 aromatic carbocycles. The molecule has 0 spiro atoms. The summed E-state index contributed by atoms with van der Waals surface area (Å²) in [5.74, 6) is 0.191. The minimum Gasteiger partial charge on any atom is -0.322 e. The molecule has 0 aliphatic heterocycles. The van der Waals surface area contributed by atoms with Crippen LogP contribution < -0.4 is 16.0 Å². The Morgan fingerprint density at radius 2 is 1.91 bits per heavy atom. The molecule has 6 nitrogen and oxygen atoms in total. The fourth-order valence-electron chi connectivity index (χ4n) is 4.37. The number of benzene rings is 1. The van der Waals surface area contributed by atoms with Crippen molar-refractivity contribution in [3.8, 4) is 0 Å². The third-order valence-corrected chi connectivity index (χ3v) is 8.11. The molecule has 0 fully saturated rings. The van der Waals surface area contributed by atoms with Crippen molar-refractivity contribution >= 4 is 49.8 Å². The zero-order chi connectivity index (χ0) is 25.0. The number of hydrogen-bond acceptors (Lipinski definition) is 5. The monoisotopic (exact) mass is 554 g/mol. The Morgan fingerprint density at radius 1 is 1.14 bits per heavy atom. The number of carbonyl (C=O) groups is 2. The Hall–Kier alpha value is -2.55. The lowest BCUT2D eigenvalue weighted by molar-refractivity contribution is -0.115. The third-order valence-electron chi connectivity index (χ3n) is 6.41. The molecule has 2 aromatic heterocycles. The highest BCUT2D eigenvalue weighted by molar-refractivity contribution is 9.10. The number of fused-ring (bicyclic) bond motifs is 1. The Morgan fingerprint density at radius 3 is 2.60 bits per heavy atom. The van der Waals surface area contributed by atoms with Crippen molar-refractivity contribution in [3.63, 3.8) is 0 Å². The summed E-state index contributed by atoms with van der Waals surface area (Å²) in [7, 11) is 0. The van der Waals surface area contributed by atoms with Crippen LogP contribution in [0.25, 0.3) is 0 Å². The summed E-state index contributed by atoms with van der Waals surface area (Å²) in [6.07, 6.45) is 6.29. The number of nitrogens with zero attached hydrogens (tertiary/aromatic N) is 1. The molecule has 0 unspecified atom stereocenters. The molecule has 0 saturated carbocycles. The second-order valence-corrected chi connectivity index (χ2v) is 12.0. The van der Waals surface area contributed by atoms with Gasteiger partial charge in [-0.3, -0.25) is 14.6 Å². The van der Waals surface area contributed by atoms with Crippen LogP contribution in [0.4, 0.5) is 10.7 Å². The molecule has 2 heterocycles. The lowest BCUT2D eigenvalue weighted by Gasteiger charge is -2.33. The highest BCUT2D eigenvalue weighted by Crippen LogP contribution is 2.44.